The molecule has 3 heterocycles. The molecule has 3 aromatic rings. The van der Waals surface area contributed by atoms with E-state index in [1.165, 1.54) is 4.68 Å². The van der Waals surface area contributed by atoms with E-state index in [9.17, 15) is 22.4 Å². The predicted octanol–water partition coefficient (Wildman–Crippen LogP) is 4.94. The van der Waals surface area contributed by atoms with Gasteiger partial charge in [-0.15, -0.1) is 13.2 Å². The second-order valence-electron chi connectivity index (χ2n) is 10.7. The van der Waals surface area contributed by atoms with Crippen molar-refractivity contribution in [2.75, 3.05) is 18.8 Å². The number of carbonyl (C=O) groups excluding carboxylic acids is 1. The molecule has 208 valence electrons. The molecule has 0 radical (unpaired) electrons. The summed E-state index contributed by atoms with van der Waals surface area (Å²) in [7, 11) is 0. The maximum Gasteiger partial charge on any atom is 0.573 e. The number of nitrogens with two attached hydrogens (primary N) is 1. The van der Waals surface area contributed by atoms with Crippen molar-refractivity contribution >= 4 is 45.4 Å². The van der Waals surface area contributed by atoms with Crippen LogP contribution in [-0.2, 0) is 4.79 Å². The van der Waals surface area contributed by atoms with E-state index in [2.05, 4.69) is 18.6 Å². The first-order valence-electron chi connectivity index (χ1n) is 12.5. The largest absolute Gasteiger partial charge is 0.573 e. The van der Waals surface area contributed by atoms with Crippen molar-refractivity contribution in [3.8, 4) is 17.0 Å². The van der Waals surface area contributed by atoms with Crippen LogP contribution in [0.1, 0.15) is 49.5 Å². The minimum atomic E-state index is -5.24. The molecule has 4 N–H and O–H groups in total. The molecule has 3 fully saturated rings. The number of hydrogen-bond acceptors (Lipinski definition) is 6. The van der Waals surface area contributed by atoms with Crippen molar-refractivity contribution < 1.29 is 31.5 Å². The van der Waals surface area contributed by atoms with E-state index in [1.807, 2.05) is 13.8 Å². The summed E-state index contributed by atoms with van der Waals surface area (Å²) in [5.41, 5.74) is 5.56. The van der Waals surface area contributed by atoms with Crippen LogP contribution in [0.15, 0.2) is 12.1 Å². The molecular formula is C25H24F5IN6O2. The van der Waals surface area contributed by atoms with Gasteiger partial charge >= 0.3 is 6.36 Å². The topological polar surface area (TPSA) is 107 Å². The van der Waals surface area contributed by atoms with Crippen LogP contribution in [0.4, 0.5) is 27.6 Å². The Morgan fingerprint density at radius 2 is 1.95 bits per heavy atom. The van der Waals surface area contributed by atoms with E-state index >= 15 is 4.39 Å². The zero-order valence-electron chi connectivity index (χ0n) is 20.7. The van der Waals surface area contributed by atoms with Crippen LogP contribution < -0.4 is 19.3 Å². The number of amides is 1. The average molecular weight is 662 g/mol. The molecule has 1 amide bonds. The summed E-state index contributed by atoms with van der Waals surface area (Å²) in [5, 5.41) is 8.65. The first-order chi connectivity index (χ1) is 18.4. The number of nitrogen functional groups attached to an aromatic ring is 1. The van der Waals surface area contributed by atoms with E-state index in [0.29, 0.717) is 41.1 Å². The fourth-order valence-corrected chi connectivity index (χ4v) is 6.36. The number of ether oxygens (including phenoxy) is 1. The molecule has 0 bridgehead atoms. The summed E-state index contributed by atoms with van der Waals surface area (Å²) in [4.78, 5) is 16.8. The van der Waals surface area contributed by atoms with Crippen LogP contribution in [0.25, 0.3) is 22.2 Å². The third-order valence-corrected chi connectivity index (χ3v) is 8.37. The smallest absolute Gasteiger partial charge is 0.402 e. The van der Waals surface area contributed by atoms with Gasteiger partial charge in [0, 0.05) is 23.1 Å². The van der Waals surface area contributed by atoms with Crippen LogP contribution >= 0.6 is 22.9 Å². The third kappa shape index (κ3) is 4.39. The molecule has 1 aliphatic heterocycles. The molecule has 2 aromatic heterocycles. The van der Waals surface area contributed by atoms with Crippen molar-refractivity contribution in [1.82, 2.24) is 23.6 Å². The van der Waals surface area contributed by atoms with E-state index in [0.717, 1.165) is 19.2 Å². The molecule has 2 aliphatic carbocycles. The van der Waals surface area contributed by atoms with Crippen molar-refractivity contribution in [2.24, 2.45) is 17.8 Å². The number of nitrogens with zero attached hydrogens (tertiary/aromatic N) is 3. The highest BCUT2D eigenvalue weighted by molar-refractivity contribution is 14.1. The van der Waals surface area contributed by atoms with Crippen molar-refractivity contribution in [3.05, 3.63) is 35.2 Å². The number of hydrogen-bond donors (Lipinski definition) is 3. The van der Waals surface area contributed by atoms with Gasteiger partial charge in [-0.05, 0) is 43.3 Å². The van der Waals surface area contributed by atoms with E-state index < -0.39 is 47.0 Å². The molecule has 14 heteroatoms. The van der Waals surface area contributed by atoms with E-state index in [1.54, 1.807) is 22.9 Å². The first-order valence-corrected chi connectivity index (χ1v) is 13.6. The highest BCUT2D eigenvalue weighted by Gasteiger charge is 2.56. The van der Waals surface area contributed by atoms with Crippen LogP contribution in [0.3, 0.4) is 0 Å². The minimum absolute atomic E-state index is 0.0335. The Labute approximate surface area is 233 Å². The Morgan fingerprint density at radius 1 is 1.26 bits per heavy atom. The Hall–Kier alpha value is -2.75. The fourth-order valence-electron chi connectivity index (χ4n) is 5.96. The monoisotopic (exact) mass is 662 g/mol. The molecule has 2 unspecified atom stereocenters. The Morgan fingerprint density at radius 3 is 2.56 bits per heavy atom. The number of anilines is 1. The highest BCUT2D eigenvalue weighted by atomic mass is 127. The van der Waals surface area contributed by atoms with Gasteiger partial charge in [0.05, 0.1) is 51.8 Å². The van der Waals surface area contributed by atoms with Crippen molar-refractivity contribution in [2.45, 2.75) is 44.5 Å². The van der Waals surface area contributed by atoms with Crippen molar-refractivity contribution in [1.29, 1.82) is 0 Å². The summed E-state index contributed by atoms with van der Waals surface area (Å²) < 4.78 is 79.0. The Kier molecular flexibility index (Phi) is 6.21. The van der Waals surface area contributed by atoms with Gasteiger partial charge in [0.25, 0.3) is 0 Å². The second kappa shape index (κ2) is 9.14. The average Bonchev–Trinajstić information content (AvgIpc) is 3.69. The number of benzene rings is 1. The number of aromatic nitrogens is 3. The Bertz CT molecular complexity index is 1500. The standard InChI is InChI=1S/C25H24F5IN6O2/c1-8(2)19-17-21(16-12-6-33-7-13(12)16)36-37(15-5-10(15)24(38)35-31)22(17)18(27)20(34-19)11-3-9(32)4-14(26)23(11)39-25(28,29)30/h3-4,8,10,12-13,15-16,33H,5-7,32H2,1-2H3,(H,35,38)/t10-,12-,13+,15?,16?/m1/s1. The summed E-state index contributed by atoms with van der Waals surface area (Å²) in [6.07, 6.45) is -4.82. The van der Waals surface area contributed by atoms with Crippen LogP contribution in [0, 0.1) is 29.4 Å². The van der Waals surface area contributed by atoms with Gasteiger partial charge < -0.3 is 15.8 Å². The quantitative estimate of drug-likeness (QED) is 0.150. The Balaban J connectivity index is 1.62. The SMILES string of the molecule is CC(C)c1nc(-c2cc(N)cc(F)c2OC(F)(F)F)c(F)c2c1c(C1[C@H]3CNC[C@@H]13)nn2C1C[C@H]1C(=O)NI. The van der Waals surface area contributed by atoms with Gasteiger partial charge in [0.2, 0.25) is 5.91 Å². The number of piperidine rings is 1. The maximum atomic E-state index is 16.6. The van der Waals surface area contributed by atoms with Gasteiger partial charge in [-0.2, -0.15) is 5.10 Å². The third-order valence-electron chi connectivity index (χ3n) is 7.84. The van der Waals surface area contributed by atoms with Gasteiger partial charge in [0.1, 0.15) is 11.2 Å². The number of pyridine rings is 1. The maximum absolute atomic E-state index is 16.6. The lowest BCUT2D eigenvalue weighted by Crippen LogP contribution is -2.19. The first kappa shape index (κ1) is 26.5. The molecule has 0 spiro atoms. The van der Waals surface area contributed by atoms with E-state index in [-0.39, 0.29) is 28.9 Å². The summed E-state index contributed by atoms with van der Waals surface area (Å²) in [6.45, 7) is 5.27. The van der Waals surface area contributed by atoms with Crippen molar-refractivity contribution in [3.63, 3.8) is 0 Å². The summed E-state index contributed by atoms with van der Waals surface area (Å²) in [6, 6.07) is 1.23. The molecule has 3 aliphatic rings. The zero-order chi connectivity index (χ0) is 28.0. The predicted molar refractivity (Wildman–Crippen MR) is 140 cm³/mol. The molecule has 39 heavy (non-hydrogen) atoms. The minimum Gasteiger partial charge on any atom is -0.402 e. The number of halogens is 6. The molecule has 6 rings (SSSR count). The highest BCUT2D eigenvalue weighted by Crippen LogP contribution is 2.58. The van der Waals surface area contributed by atoms with Crippen LogP contribution in [0.5, 0.6) is 5.75 Å². The zero-order valence-corrected chi connectivity index (χ0v) is 22.9. The molecule has 2 saturated carbocycles. The van der Waals surface area contributed by atoms with Crippen LogP contribution in [-0.4, -0.2) is 40.1 Å². The fraction of sp³-hybridized carbons (Fsp3) is 0.480. The molecule has 8 nitrogen and oxygen atoms in total. The number of rotatable bonds is 6. The number of alkyl halides is 3. The molecule has 1 aromatic carbocycles. The molecule has 1 saturated heterocycles. The number of carbonyl (C=O) groups is 1. The molecule has 5 atom stereocenters. The van der Waals surface area contributed by atoms with Gasteiger partial charge in [-0.1, -0.05) is 13.8 Å². The van der Waals surface area contributed by atoms with E-state index in [4.69, 9.17) is 10.8 Å². The summed E-state index contributed by atoms with van der Waals surface area (Å²) in [5.74, 6) is -3.81. The summed E-state index contributed by atoms with van der Waals surface area (Å²) >= 11 is 1.74. The normalized spacial score (nSPS) is 25.7. The van der Waals surface area contributed by atoms with Gasteiger partial charge in [-0.3, -0.25) is 13.0 Å². The second-order valence-corrected chi connectivity index (χ2v) is 11.2. The number of nitrogens with one attached hydrogen (secondary N) is 2. The lowest BCUT2D eigenvalue weighted by molar-refractivity contribution is -0.275. The van der Waals surface area contributed by atoms with Crippen LogP contribution in [0.2, 0.25) is 0 Å². The van der Waals surface area contributed by atoms with Gasteiger partial charge in [0.15, 0.2) is 17.4 Å². The number of fused-ring (bicyclic) bond motifs is 2. The lowest BCUT2D eigenvalue weighted by Gasteiger charge is -2.17. The lowest BCUT2D eigenvalue weighted by atomic mass is 9.98. The van der Waals surface area contributed by atoms with Gasteiger partial charge in [-0.25, -0.2) is 13.8 Å². The molecular weight excluding hydrogens is 638 g/mol.